The van der Waals surface area contributed by atoms with E-state index in [1.807, 2.05) is 23.6 Å². The van der Waals surface area contributed by atoms with Gasteiger partial charge in [-0.2, -0.15) is 0 Å². The molecule has 0 saturated heterocycles. The van der Waals surface area contributed by atoms with Crippen LogP contribution in [0.3, 0.4) is 0 Å². The Labute approximate surface area is 160 Å². The van der Waals surface area contributed by atoms with Gasteiger partial charge < -0.3 is 10.1 Å². The molecular formula is C20H16ClNO3S. The van der Waals surface area contributed by atoms with E-state index in [2.05, 4.69) is 5.32 Å². The second-order valence-corrected chi connectivity index (χ2v) is 6.94. The lowest BCUT2D eigenvalue weighted by atomic mass is 10.1. The summed E-state index contributed by atoms with van der Waals surface area (Å²) in [5.41, 5.74) is 1.67. The average molecular weight is 386 g/mol. The highest BCUT2D eigenvalue weighted by Gasteiger charge is 2.08. The summed E-state index contributed by atoms with van der Waals surface area (Å²) in [5, 5.41) is 5.31. The minimum atomic E-state index is -0.310. The summed E-state index contributed by atoms with van der Waals surface area (Å²) in [7, 11) is 0. The summed E-state index contributed by atoms with van der Waals surface area (Å²) < 4.78 is 5.32. The molecule has 132 valence electrons. The summed E-state index contributed by atoms with van der Waals surface area (Å²) >= 11 is 7.22. The number of amides is 1. The van der Waals surface area contributed by atoms with Crippen LogP contribution in [0.2, 0.25) is 5.02 Å². The average Bonchev–Trinajstić information content (AvgIpc) is 3.18. The molecule has 1 heterocycles. The van der Waals surface area contributed by atoms with Crippen LogP contribution in [-0.2, 0) is 11.2 Å². The number of nitrogens with one attached hydrogen (secondary N) is 1. The van der Waals surface area contributed by atoms with Crippen molar-refractivity contribution in [2.24, 2.45) is 0 Å². The number of hydrogen-bond acceptors (Lipinski definition) is 4. The van der Waals surface area contributed by atoms with Crippen LogP contribution in [0, 0.1) is 0 Å². The van der Waals surface area contributed by atoms with Crippen LogP contribution in [-0.4, -0.2) is 11.9 Å². The molecule has 0 fully saturated rings. The number of halogens is 1. The molecule has 0 radical (unpaired) electrons. The maximum absolute atomic E-state index is 12.0. The first-order valence-corrected chi connectivity index (χ1v) is 9.26. The number of esters is 1. The van der Waals surface area contributed by atoms with Gasteiger partial charge in [0.2, 0.25) is 0 Å². The summed E-state index contributed by atoms with van der Waals surface area (Å²) in [6.07, 6.45) is 0.865. The largest absolute Gasteiger partial charge is 0.427 e. The molecule has 2 aromatic carbocycles. The first kappa shape index (κ1) is 18.2. The Bertz CT molecular complexity index is 874. The van der Waals surface area contributed by atoms with E-state index >= 15 is 0 Å². The van der Waals surface area contributed by atoms with E-state index in [-0.39, 0.29) is 18.3 Å². The van der Waals surface area contributed by atoms with Gasteiger partial charge in [0.25, 0.3) is 5.91 Å². The van der Waals surface area contributed by atoms with Crippen molar-refractivity contribution in [3.63, 3.8) is 0 Å². The van der Waals surface area contributed by atoms with E-state index in [0.29, 0.717) is 27.8 Å². The maximum Gasteiger partial charge on any atom is 0.311 e. The lowest BCUT2D eigenvalue weighted by Crippen LogP contribution is -2.11. The molecular weight excluding hydrogens is 370 g/mol. The number of carbonyl (C=O) groups is 2. The minimum Gasteiger partial charge on any atom is -0.427 e. The van der Waals surface area contributed by atoms with E-state index in [1.54, 1.807) is 42.5 Å². The second-order valence-electron chi connectivity index (χ2n) is 5.56. The first-order valence-electron chi connectivity index (χ1n) is 8.00. The number of anilines is 1. The van der Waals surface area contributed by atoms with Gasteiger partial charge >= 0.3 is 5.97 Å². The lowest BCUT2D eigenvalue weighted by molar-refractivity contribution is -0.134. The second kappa shape index (κ2) is 8.65. The van der Waals surface area contributed by atoms with Gasteiger partial charge in [0.1, 0.15) is 5.75 Å². The van der Waals surface area contributed by atoms with Crippen molar-refractivity contribution in [1.29, 1.82) is 0 Å². The number of benzene rings is 2. The third-order valence-corrected chi connectivity index (χ3v) is 4.74. The monoisotopic (exact) mass is 385 g/mol. The molecule has 0 spiro atoms. The highest BCUT2D eigenvalue weighted by Crippen LogP contribution is 2.18. The van der Waals surface area contributed by atoms with Crippen LogP contribution >= 0.6 is 22.9 Å². The van der Waals surface area contributed by atoms with Crippen LogP contribution < -0.4 is 10.1 Å². The molecule has 0 unspecified atom stereocenters. The highest BCUT2D eigenvalue weighted by atomic mass is 35.5. The fourth-order valence-electron chi connectivity index (χ4n) is 2.29. The van der Waals surface area contributed by atoms with Crippen molar-refractivity contribution in [3.8, 4) is 5.75 Å². The summed E-state index contributed by atoms with van der Waals surface area (Å²) in [6.45, 7) is 0. The zero-order valence-corrected chi connectivity index (χ0v) is 15.3. The number of ether oxygens (including phenoxy) is 1. The normalized spacial score (nSPS) is 10.3. The predicted molar refractivity (Wildman–Crippen MR) is 104 cm³/mol. The SMILES string of the molecule is O=C(CCc1ccc(Cl)cc1)Oc1ccc(NC(=O)c2cccs2)cc1. The van der Waals surface area contributed by atoms with Gasteiger partial charge in [0.05, 0.1) is 4.88 Å². The lowest BCUT2D eigenvalue weighted by Gasteiger charge is -2.07. The molecule has 0 bridgehead atoms. The van der Waals surface area contributed by atoms with Crippen molar-refractivity contribution in [1.82, 2.24) is 0 Å². The number of thiophene rings is 1. The Kier molecular flexibility index (Phi) is 6.04. The number of aryl methyl sites for hydroxylation is 1. The third-order valence-electron chi connectivity index (χ3n) is 3.62. The Morgan fingerprint density at radius 1 is 1.00 bits per heavy atom. The van der Waals surface area contributed by atoms with Gasteiger partial charge in [-0.05, 0) is 59.8 Å². The van der Waals surface area contributed by atoms with Gasteiger partial charge in [-0.15, -0.1) is 11.3 Å². The summed E-state index contributed by atoms with van der Waals surface area (Å²) in [4.78, 5) is 24.6. The Hall–Kier alpha value is -2.63. The van der Waals surface area contributed by atoms with Crippen LogP contribution in [0.4, 0.5) is 5.69 Å². The van der Waals surface area contributed by atoms with Gasteiger partial charge in [-0.1, -0.05) is 29.8 Å². The molecule has 0 saturated carbocycles. The van der Waals surface area contributed by atoms with Crippen LogP contribution in [0.5, 0.6) is 5.75 Å². The fraction of sp³-hybridized carbons (Fsp3) is 0.100. The van der Waals surface area contributed by atoms with Crippen LogP contribution in [0.1, 0.15) is 21.7 Å². The van der Waals surface area contributed by atoms with Gasteiger partial charge in [0, 0.05) is 17.1 Å². The standard InChI is InChI=1S/C20H16ClNO3S/c21-15-6-3-14(4-7-15)5-12-19(23)25-17-10-8-16(9-11-17)22-20(24)18-2-1-13-26-18/h1-4,6-11,13H,5,12H2,(H,22,24). The highest BCUT2D eigenvalue weighted by molar-refractivity contribution is 7.12. The zero-order valence-electron chi connectivity index (χ0n) is 13.8. The molecule has 0 aliphatic heterocycles. The predicted octanol–water partition coefficient (Wildman–Crippen LogP) is 5.19. The third kappa shape index (κ3) is 5.18. The van der Waals surface area contributed by atoms with Crippen LogP contribution in [0.15, 0.2) is 66.0 Å². The van der Waals surface area contributed by atoms with E-state index < -0.39 is 0 Å². The number of carbonyl (C=O) groups excluding carboxylic acids is 2. The van der Waals surface area contributed by atoms with Crippen molar-refractivity contribution in [2.75, 3.05) is 5.32 Å². The Morgan fingerprint density at radius 3 is 2.38 bits per heavy atom. The van der Waals surface area contributed by atoms with E-state index in [0.717, 1.165) is 5.56 Å². The minimum absolute atomic E-state index is 0.160. The first-order chi connectivity index (χ1) is 12.6. The molecule has 1 N–H and O–H groups in total. The molecule has 1 amide bonds. The van der Waals surface area contributed by atoms with Gasteiger partial charge in [-0.3, -0.25) is 9.59 Å². The molecule has 0 aliphatic rings. The number of rotatable bonds is 6. The quantitative estimate of drug-likeness (QED) is 0.469. The topological polar surface area (TPSA) is 55.4 Å². The van der Waals surface area contributed by atoms with E-state index in [4.69, 9.17) is 16.3 Å². The smallest absolute Gasteiger partial charge is 0.311 e. The maximum atomic E-state index is 12.0. The summed E-state index contributed by atoms with van der Waals surface area (Å²) in [5.74, 6) is -0.0248. The molecule has 1 aromatic heterocycles. The van der Waals surface area contributed by atoms with Crippen molar-refractivity contribution in [3.05, 3.63) is 81.5 Å². The summed E-state index contributed by atoms with van der Waals surface area (Å²) in [6, 6.07) is 17.7. The molecule has 4 nitrogen and oxygen atoms in total. The van der Waals surface area contributed by atoms with Gasteiger partial charge in [-0.25, -0.2) is 0 Å². The molecule has 0 aliphatic carbocycles. The number of hydrogen-bond donors (Lipinski definition) is 1. The van der Waals surface area contributed by atoms with Crippen molar-refractivity contribution >= 4 is 40.5 Å². The Morgan fingerprint density at radius 2 is 1.73 bits per heavy atom. The molecule has 26 heavy (non-hydrogen) atoms. The van der Waals surface area contributed by atoms with Crippen LogP contribution in [0.25, 0.3) is 0 Å². The molecule has 3 aromatic rings. The fourth-order valence-corrected chi connectivity index (χ4v) is 3.03. The zero-order chi connectivity index (χ0) is 18.4. The molecule has 6 heteroatoms. The van der Waals surface area contributed by atoms with Gasteiger partial charge in [0.15, 0.2) is 0 Å². The Balaban J connectivity index is 1.49. The van der Waals surface area contributed by atoms with Crippen molar-refractivity contribution < 1.29 is 14.3 Å². The van der Waals surface area contributed by atoms with E-state index in [1.165, 1.54) is 11.3 Å². The van der Waals surface area contributed by atoms with E-state index in [9.17, 15) is 9.59 Å². The molecule has 3 rings (SSSR count). The van der Waals surface area contributed by atoms with Crippen molar-refractivity contribution in [2.45, 2.75) is 12.8 Å². The molecule has 0 atom stereocenters.